The van der Waals surface area contributed by atoms with Crippen molar-refractivity contribution in [3.8, 4) is 0 Å². The van der Waals surface area contributed by atoms with Crippen LogP contribution in [0.4, 0.5) is 4.39 Å². The van der Waals surface area contributed by atoms with Crippen LogP contribution in [0, 0.1) is 5.82 Å². The molecule has 1 aliphatic rings. The lowest BCUT2D eigenvalue weighted by molar-refractivity contribution is 0.181. The van der Waals surface area contributed by atoms with E-state index in [-0.39, 0.29) is 9.92 Å². The number of aromatic nitrogens is 1. The first-order valence-electron chi connectivity index (χ1n) is 7.53. The van der Waals surface area contributed by atoms with Gasteiger partial charge in [-0.3, -0.25) is 9.88 Å². The highest BCUT2D eigenvalue weighted by atomic mass is 35.5. The first-order valence-corrected chi connectivity index (χ1v) is 9.35. The van der Waals surface area contributed by atoms with Crippen LogP contribution in [0.15, 0.2) is 47.6 Å². The van der Waals surface area contributed by atoms with E-state index >= 15 is 0 Å². The molecule has 2 heterocycles. The molecule has 24 heavy (non-hydrogen) atoms. The van der Waals surface area contributed by atoms with E-state index in [1.807, 2.05) is 12.1 Å². The maximum Gasteiger partial charge on any atom is 0.246 e. The van der Waals surface area contributed by atoms with Gasteiger partial charge in [0.1, 0.15) is 10.7 Å². The fourth-order valence-corrected chi connectivity index (χ4v) is 4.32. The number of pyridine rings is 1. The largest absolute Gasteiger partial charge is 0.296 e. The monoisotopic (exact) mass is 369 g/mol. The molecule has 0 radical (unpaired) electrons. The van der Waals surface area contributed by atoms with Gasteiger partial charge in [-0.05, 0) is 35.9 Å². The predicted molar refractivity (Wildman–Crippen MR) is 89.7 cm³/mol. The van der Waals surface area contributed by atoms with E-state index in [9.17, 15) is 12.8 Å². The van der Waals surface area contributed by atoms with Crippen LogP contribution in [-0.2, 0) is 16.6 Å². The molecule has 0 saturated carbocycles. The topological polar surface area (TPSA) is 53.5 Å². The number of rotatable bonds is 4. The van der Waals surface area contributed by atoms with E-state index in [0.29, 0.717) is 26.2 Å². The van der Waals surface area contributed by atoms with Crippen molar-refractivity contribution in [2.75, 3.05) is 26.2 Å². The molecule has 5 nitrogen and oxygen atoms in total. The third-order valence-electron chi connectivity index (χ3n) is 4.00. The molecule has 1 aliphatic heterocycles. The molecule has 0 spiro atoms. The maximum atomic E-state index is 14.0. The molecule has 3 rings (SSSR count). The molecule has 1 aromatic carbocycles. The Morgan fingerprint density at radius 3 is 2.38 bits per heavy atom. The summed E-state index contributed by atoms with van der Waals surface area (Å²) in [4.78, 5) is 5.82. The standard InChI is InChI=1S/C16H17ClFN3O2S/c17-14-1-2-16(15(18)11-14)24(22,23)21-9-7-20(8-10-21)12-13-3-5-19-6-4-13/h1-6,11H,7-10,12H2. The second-order valence-corrected chi connectivity index (χ2v) is 7.95. The summed E-state index contributed by atoms with van der Waals surface area (Å²) in [5.41, 5.74) is 1.13. The summed E-state index contributed by atoms with van der Waals surface area (Å²) in [6, 6.07) is 7.50. The van der Waals surface area contributed by atoms with Crippen LogP contribution < -0.4 is 0 Å². The van der Waals surface area contributed by atoms with Gasteiger partial charge in [-0.2, -0.15) is 4.31 Å². The van der Waals surface area contributed by atoms with E-state index in [0.717, 1.165) is 18.2 Å². The van der Waals surface area contributed by atoms with Gasteiger partial charge >= 0.3 is 0 Å². The van der Waals surface area contributed by atoms with Crippen LogP contribution in [0.3, 0.4) is 0 Å². The van der Waals surface area contributed by atoms with Crippen LogP contribution in [-0.4, -0.2) is 48.8 Å². The van der Waals surface area contributed by atoms with Gasteiger partial charge in [0.2, 0.25) is 10.0 Å². The molecule has 0 amide bonds. The van der Waals surface area contributed by atoms with Crippen molar-refractivity contribution in [3.63, 3.8) is 0 Å². The first-order chi connectivity index (χ1) is 11.5. The minimum atomic E-state index is -3.84. The summed E-state index contributed by atoms with van der Waals surface area (Å²) in [7, 11) is -3.84. The zero-order chi connectivity index (χ0) is 17.2. The lowest BCUT2D eigenvalue weighted by Crippen LogP contribution is -2.48. The van der Waals surface area contributed by atoms with Gasteiger partial charge in [0.15, 0.2) is 0 Å². The van der Waals surface area contributed by atoms with Crippen LogP contribution in [0.2, 0.25) is 5.02 Å². The van der Waals surface area contributed by atoms with Crippen molar-refractivity contribution in [2.24, 2.45) is 0 Å². The Kier molecular flexibility index (Phi) is 5.15. The molecule has 8 heteroatoms. The summed E-state index contributed by atoms with van der Waals surface area (Å²) in [5.74, 6) is -0.818. The number of hydrogen-bond acceptors (Lipinski definition) is 4. The quantitative estimate of drug-likeness (QED) is 0.830. The molecular formula is C16H17ClFN3O2S. The Bertz CT molecular complexity index is 809. The summed E-state index contributed by atoms with van der Waals surface area (Å²) in [5, 5.41) is 0.175. The highest BCUT2D eigenvalue weighted by Crippen LogP contribution is 2.23. The zero-order valence-corrected chi connectivity index (χ0v) is 14.5. The van der Waals surface area contributed by atoms with Crippen LogP contribution in [0.5, 0.6) is 0 Å². The van der Waals surface area contributed by atoms with Crippen molar-refractivity contribution >= 4 is 21.6 Å². The Balaban J connectivity index is 1.67. The number of benzene rings is 1. The summed E-state index contributed by atoms with van der Waals surface area (Å²) < 4.78 is 40.5. The molecule has 1 fully saturated rings. The molecule has 0 N–H and O–H groups in total. The predicted octanol–water partition coefficient (Wildman–Crippen LogP) is 2.38. The van der Waals surface area contributed by atoms with E-state index < -0.39 is 15.8 Å². The van der Waals surface area contributed by atoms with E-state index in [4.69, 9.17) is 11.6 Å². The number of hydrogen-bond donors (Lipinski definition) is 0. The third kappa shape index (κ3) is 3.75. The molecule has 2 aromatic rings. The Morgan fingerprint density at radius 1 is 1.08 bits per heavy atom. The van der Waals surface area contributed by atoms with Gasteiger partial charge in [-0.25, -0.2) is 12.8 Å². The van der Waals surface area contributed by atoms with Crippen molar-refractivity contribution in [3.05, 3.63) is 59.1 Å². The van der Waals surface area contributed by atoms with Gasteiger partial charge in [-0.15, -0.1) is 0 Å². The fraction of sp³-hybridized carbons (Fsp3) is 0.312. The van der Waals surface area contributed by atoms with Crippen molar-refractivity contribution in [1.29, 1.82) is 0 Å². The number of halogens is 2. The SMILES string of the molecule is O=S(=O)(c1ccc(Cl)cc1F)N1CCN(Cc2ccncc2)CC1. The molecule has 0 aliphatic carbocycles. The zero-order valence-electron chi connectivity index (χ0n) is 12.9. The Hall–Kier alpha value is -1.54. The van der Waals surface area contributed by atoms with Gasteiger partial charge in [0.05, 0.1) is 0 Å². The van der Waals surface area contributed by atoms with Crippen molar-refractivity contribution < 1.29 is 12.8 Å². The minimum absolute atomic E-state index is 0.175. The highest BCUT2D eigenvalue weighted by Gasteiger charge is 2.30. The average molecular weight is 370 g/mol. The van der Waals surface area contributed by atoms with E-state index in [1.54, 1.807) is 12.4 Å². The van der Waals surface area contributed by atoms with Crippen molar-refractivity contribution in [2.45, 2.75) is 11.4 Å². The van der Waals surface area contributed by atoms with Crippen LogP contribution in [0.1, 0.15) is 5.56 Å². The smallest absolute Gasteiger partial charge is 0.246 e. The molecule has 0 bridgehead atoms. The maximum absolute atomic E-state index is 14.0. The second-order valence-electron chi connectivity index (χ2n) is 5.61. The molecule has 0 atom stereocenters. The summed E-state index contributed by atoms with van der Waals surface area (Å²) >= 11 is 5.69. The van der Waals surface area contributed by atoms with Crippen LogP contribution in [0.25, 0.3) is 0 Å². The Labute approximate surface area is 145 Å². The van der Waals surface area contributed by atoms with Crippen molar-refractivity contribution in [1.82, 2.24) is 14.2 Å². The third-order valence-corrected chi connectivity index (χ3v) is 6.17. The lowest BCUT2D eigenvalue weighted by atomic mass is 10.2. The highest BCUT2D eigenvalue weighted by molar-refractivity contribution is 7.89. The van der Waals surface area contributed by atoms with Gasteiger partial charge in [0, 0.05) is 50.1 Å². The van der Waals surface area contributed by atoms with E-state index in [1.165, 1.54) is 16.4 Å². The lowest BCUT2D eigenvalue weighted by Gasteiger charge is -2.34. The normalized spacial score (nSPS) is 17.1. The van der Waals surface area contributed by atoms with Gasteiger partial charge < -0.3 is 0 Å². The average Bonchev–Trinajstić information content (AvgIpc) is 2.56. The number of sulfonamides is 1. The molecule has 1 saturated heterocycles. The van der Waals surface area contributed by atoms with E-state index in [2.05, 4.69) is 9.88 Å². The molecule has 1 aromatic heterocycles. The molecule has 0 unspecified atom stereocenters. The fourth-order valence-electron chi connectivity index (χ4n) is 2.70. The van der Waals surface area contributed by atoms with Crippen LogP contribution >= 0.6 is 11.6 Å². The summed E-state index contributed by atoms with van der Waals surface area (Å²) in [6.07, 6.45) is 3.47. The van der Waals surface area contributed by atoms with Gasteiger partial charge in [0.25, 0.3) is 0 Å². The summed E-state index contributed by atoms with van der Waals surface area (Å²) in [6.45, 7) is 2.59. The van der Waals surface area contributed by atoms with Gasteiger partial charge in [-0.1, -0.05) is 11.6 Å². The molecular weight excluding hydrogens is 353 g/mol. The number of piperazine rings is 1. The number of nitrogens with zero attached hydrogens (tertiary/aromatic N) is 3. The minimum Gasteiger partial charge on any atom is -0.296 e. The first kappa shape index (κ1) is 17.3. The Morgan fingerprint density at radius 2 is 1.75 bits per heavy atom. The second kappa shape index (κ2) is 7.14. The molecule has 128 valence electrons.